The molecule has 0 atom stereocenters. The maximum atomic E-state index is 13.0. The number of hydrogen-bond donors (Lipinski definition) is 1. The minimum atomic E-state index is -3.43. The lowest BCUT2D eigenvalue weighted by Gasteiger charge is -2.26. The summed E-state index contributed by atoms with van der Waals surface area (Å²) >= 11 is 0. The third kappa shape index (κ3) is 4.44. The van der Waals surface area contributed by atoms with E-state index in [4.69, 9.17) is 4.74 Å². The number of benzene rings is 2. The molecule has 5 nitrogen and oxygen atoms in total. The first-order chi connectivity index (χ1) is 12.6. The summed E-state index contributed by atoms with van der Waals surface area (Å²) in [5, 5.41) is 3.35. The van der Waals surface area contributed by atoms with Crippen molar-refractivity contribution < 1.29 is 13.2 Å². The molecule has 1 aliphatic heterocycles. The molecule has 3 rings (SSSR count). The van der Waals surface area contributed by atoms with Crippen molar-refractivity contribution in [3.63, 3.8) is 0 Å². The van der Waals surface area contributed by atoms with Crippen LogP contribution in [0.5, 0.6) is 5.75 Å². The van der Waals surface area contributed by atoms with Gasteiger partial charge < -0.3 is 10.1 Å². The van der Waals surface area contributed by atoms with Gasteiger partial charge >= 0.3 is 0 Å². The topological polar surface area (TPSA) is 58.6 Å². The Morgan fingerprint density at radius 3 is 2.54 bits per heavy atom. The van der Waals surface area contributed by atoms with Gasteiger partial charge in [-0.25, -0.2) is 8.42 Å². The largest absolute Gasteiger partial charge is 0.497 e. The van der Waals surface area contributed by atoms with Crippen LogP contribution in [-0.2, 0) is 23.1 Å². The molecule has 0 unspecified atom stereocenters. The van der Waals surface area contributed by atoms with Crippen molar-refractivity contribution in [1.82, 2.24) is 9.62 Å². The summed E-state index contributed by atoms with van der Waals surface area (Å²) in [6.45, 7) is 2.39. The van der Waals surface area contributed by atoms with Crippen molar-refractivity contribution in [2.24, 2.45) is 0 Å². The summed E-state index contributed by atoms with van der Waals surface area (Å²) < 4.78 is 32.9. The van der Waals surface area contributed by atoms with Gasteiger partial charge in [0.25, 0.3) is 0 Å². The van der Waals surface area contributed by atoms with E-state index in [0.717, 1.165) is 36.1 Å². The lowest BCUT2D eigenvalue weighted by molar-refractivity contribution is 0.346. The van der Waals surface area contributed by atoms with Crippen LogP contribution in [0.2, 0.25) is 0 Å². The standard InChI is InChI=1S/C20H26N2O3S/c1-25-19-10-7-8-17(14-19)15-21-16-18-9-3-4-11-20(18)26(23,24)22-12-5-2-6-13-22/h3-4,7-11,14,21H,2,5-6,12-13,15-16H2,1H3. The molecule has 0 saturated carbocycles. The molecule has 140 valence electrons. The van der Waals surface area contributed by atoms with E-state index < -0.39 is 10.0 Å². The Hall–Kier alpha value is -1.89. The molecule has 2 aromatic carbocycles. The number of ether oxygens (including phenoxy) is 1. The average molecular weight is 375 g/mol. The molecule has 1 aliphatic rings. The van der Waals surface area contributed by atoms with Crippen molar-refractivity contribution in [3.05, 3.63) is 59.7 Å². The Kier molecular flexibility index (Phi) is 6.29. The number of rotatable bonds is 7. The lowest BCUT2D eigenvalue weighted by Crippen LogP contribution is -2.36. The summed E-state index contributed by atoms with van der Waals surface area (Å²) in [7, 11) is -1.78. The fourth-order valence-corrected chi connectivity index (χ4v) is 5.01. The zero-order chi connectivity index (χ0) is 18.4. The molecule has 0 bridgehead atoms. The van der Waals surface area contributed by atoms with Crippen LogP contribution in [0.3, 0.4) is 0 Å². The second-order valence-electron chi connectivity index (χ2n) is 6.53. The highest BCUT2D eigenvalue weighted by molar-refractivity contribution is 7.89. The Balaban J connectivity index is 1.70. The van der Waals surface area contributed by atoms with Gasteiger partial charge in [-0.2, -0.15) is 4.31 Å². The molecule has 0 aliphatic carbocycles. The van der Waals surface area contributed by atoms with Gasteiger partial charge in [-0.15, -0.1) is 0 Å². The Labute approximate surface area is 156 Å². The van der Waals surface area contributed by atoms with E-state index in [-0.39, 0.29) is 0 Å². The third-order valence-corrected chi connectivity index (χ3v) is 6.68. The second-order valence-corrected chi connectivity index (χ2v) is 8.43. The molecule has 1 saturated heterocycles. The first-order valence-corrected chi connectivity index (χ1v) is 10.5. The highest BCUT2D eigenvalue weighted by Gasteiger charge is 2.27. The molecule has 26 heavy (non-hydrogen) atoms. The molecule has 1 fully saturated rings. The number of methoxy groups -OCH3 is 1. The Bertz CT molecular complexity index is 830. The molecule has 0 spiro atoms. The fourth-order valence-electron chi connectivity index (χ4n) is 3.27. The van der Waals surface area contributed by atoms with Crippen LogP contribution in [0.4, 0.5) is 0 Å². The predicted molar refractivity (Wildman–Crippen MR) is 103 cm³/mol. The SMILES string of the molecule is COc1cccc(CNCc2ccccc2S(=O)(=O)N2CCCCC2)c1. The lowest BCUT2D eigenvalue weighted by atomic mass is 10.2. The molecule has 0 aromatic heterocycles. The number of sulfonamides is 1. The summed E-state index contributed by atoms with van der Waals surface area (Å²) in [5.41, 5.74) is 1.90. The summed E-state index contributed by atoms with van der Waals surface area (Å²) in [6.07, 6.45) is 2.99. The van der Waals surface area contributed by atoms with E-state index in [0.29, 0.717) is 31.1 Å². The van der Waals surface area contributed by atoms with E-state index in [1.807, 2.05) is 36.4 Å². The first kappa shape index (κ1) is 18.9. The fraction of sp³-hybridized carbons (Fsp3) is 0.400. The molecule has 0 radical (unpaired) electrons. The van der Waals surface area contributed by atoms with E-state index in [1.54, 1.807) is 23.5 Å². The second kappa shape index (κ2) is 8.66. The average Bonchev–Trinajstić information content (AvgIpc) is 2.69. The van der Waals surface area contributed by atoms with Gasteiger partial charge in [0.2, 0.25) is 10.0 Å². The van der Waals surface area contributed by atoms with Crippen LogP contribution in [0, 0.1) is 0 Å². The normalized spacial score (nSPS) is 15.7. The van der Waals surface area contributed by atoms with Crippen LogP contribution < -0.4 is 10.1 Å². The minimum Gasteiger partial charge on any atom is -0.497 e. The van der Waals surface area contributed by atoms with Gasteiger partial charge in [-0.05, 0) is 42.2 Å². The molecular weight excluding hydrogens is 348 g/mol. The minimum absolute atomic E-state index is 0.417. The maximum absolute atomic E-state index is 13.0. The highest BCUT2D eigenvalue weighted by atomic mass is 32.2. The van der Waals surface area contributed by atoms with Gasteiger partial charge in [0, 0.05) is 26.2 Å². The van der Waals surface area contributed by atoms with Crippen molar-refractivity contribution in [3.8, 4) is 5.75 Å². The third-order valence-electron chi connectivity index (χ3n) is 4.68. The van der Waals surface area contributed by atoms with Crippen molar-refractivity contribution in [1.29, 1.82) is 0 Å². The summed E-state index contributed by atoms with van der Waals surface area (Å²) in [5.74, 6) is 0.817. The van der Waals surface area contributed by atoms with E-state index >= 15 is 0 Å². The van der Waals surface area contributed by atoms with Crippen molar-refractivity contribution in [2.45, 2.75) is 37.2 Å². The molecular formula is C20H26N2O3S. The highest BCUT2D eigenvalue weighted by Crippen LogP contribution is 2.23. The van der Waals surface area contributed by atoms with Crippen LogP contribution >= 0.6 is 0 Å². The van der Waals surface area contributed by atoms with E-state index in [1.165, 1.54) is 0 Å². The van der Waals surface area contributed by atoms with Gasteiger partial charge in [0.05, 0.1) is 12.0 Å². The quantitative estimate of drug-likeness (QED) is 0.809. The van der Waals surface area contributed by atoms with Gasteiger partial charge in [-0.1, -0.05) is 36.8 Å². The van der Waals surface area contributed by atoms with Gasteiger partial charge in [-0.3, -0.25) is 0 Å². The molecule has 6 heteroatoms. The monoisotopic (exact) mass is 374 g/mol. The van der Waals surface area contributed by atoms with Gasteiger partial charge in [0.1, 0.15) is 5.75 Å². The van der Waals surface area contributed by atoms with Crippen LogP contribution in [0.25, 0.3) is 0 Å². The maximum Gasteiger partial charge on any atom is 0.243 e. The summed E-state index contributed by atoms with van der Waals surface area (Å²) in [6, 6.07) is 15.1. The first-order valence-electron chi connectivity index (χ1n) is 9.03. The van der Waals surface area contributed by atoms with Crippen molar-refractivity contribution >= 4 is 10.0 Å². The molecule has 2 aromatic rings. The smallest absolute Gasteiger partial charge is 0.243 e. The van der Waals surface area contributed by atoms with E-state index in [2.05, 4.69) is 5.32 Å². The van der Waals surface area contributed by atoms with Crippen LogP contribution in [0.15, 0.2) is 53.4 Å². The number of piperidine rings is 1. The van der Waals surface area contributed by atoms with Crippen LogP contribution in [-0.4, -0.2) is 32.9 Å². The zero-order valence-electron chi connectivity index (χ0n) is 15.1. The Morgan fingerprint density at radius 2 is 1.77 bits per heavy atom. The summed E-state index contributed by atoms with van der Waals surface area (Å²) in [4.78, 5) is 0.417. The molecule has 0 amide bonds. The predicted octanol–water partition coefficient (Wildman–Crippen LogP) is 3.16. The van der Waals surface area contributed by atoms with Crippen LogP contribution in [0.1, 0.15) is 30.4 Å². The number of nitrogens with one attached hydrogen (secondary N) is 1. The number of hydrogen-bond acceptors (Lipinski definition) is 4. The Morgan fingerprint density at radius 1 is 1.00 bits per heavy atom. The molecule has 1 N–H and O–H groups in total. The van der Waals surface area contributed by atoms with Gasteiger partial charge in [0.15, 0.2) is 0 Å². The van der Waals surface area contributed by atoms with Crippen molar-refractivity contribution in [2.75, 3.05) is 20.2 Å². The zero-order valence-corrected chi connectivity index (χ0v) is 16.0. The van der Waals surface area contributed by atoms with E-state index in [9.17, 15) is 8.42 Å². The molecule has 1 heterocycles. The number of nitrogens with zero attached hydrogens (tertiary/aromatic N) is 1.